The maximum atomic E-state index is 12.6. The average molecular weight is 272 g/mol. The van der Waals surface area contributed by atoms with Gasteiger partial charge in [0.1, 0.15) is 0 Å². The third kappa shape index (κ3) is 3.93. The SMILES string of the molecule is C[C@H](NC1CCC(C(F)(F)F)CC1)c1cccnc1. The number of halogens is 3. The Kier molecular flexibility index (Phi) is 4.45. The zero-order valence-electron chi connectivity index (χ0n) is 11.0. The van der Waals surface area contributed by atoms with Crippen LogP contribution in [-0.2, 0) is 0 Å². The summed E-state index contributed by atoms with van der Waals surface area (Å²) in [6.07, 6.45) is 1.13. The Bertz CT molecular complexity index is 383. The van der Waals surface area contributed by atoms with E-state index >= 15 is 0 Å². The topological polar surface area (TPSA) is 24.9 Å². The molecule has 0 aliphatic heterocycles. The number of rotatable bonds is 3. The second-order valence-electron chi connectivity index (χ2n) is 5.26. The summed E-state index contributed by atoms with van der Waals surface area (Å²) >= 11 is 0. The zero-order valence-corrected chi connectivity index (χ0v) is 11.0. The molecule has 0 unspecified atom stereocenters. The van der Waals surface area contributed by atoms with E-state index in [1.807, 2.05) is 19.1 Å². The fourth-order valence-electron chi connectivity index (χ4n) is 2.67. The molecule has 0 radical (unpaired) electrons. The number of nitrogens with zero attached hydrogens (tertiary/aromatic N) is 1. The largest absolute Gasteiger partial charge is 0.391 e. The van der Waals surface area contributed by atoms with Crippen molar-refractivity contribution in [1.29, 1.82) is 0 Å². The zero-order chi connectivity index (χ0) is 13.9. The predicted molar refractivity (Wildman–Crippen MR) is 67.6 cm³/mol. The van der Waals surface area contributed by atoms with Crippen molar-refractivity contribution in [1.82, 2.24) is 10.3 Å². The van der Waals surface area contributed by atoms with Crippen molar-refractivity contribution >= 4 is 0 Å². The van der Waals surface area contributed by atoms with E-state index in [0.29, 0.717) is 12.8 Å². The Morgan fingerprint density at radius 1 is 1.26 bits per heavy atom. The normalized spacial score (nSPS) is 26.1. The van der Waals surface area contributed by atoms with Crippen molar-refractivity contribution in [2.75, 3.05) is 0 Å². The Hall–Kier alpha value is -1.10. The van der Waals surface area contributed by atoms with E-state index in [4.69, 9.17) is 0 Å². The van der Waals surface area contributed by atoms with Crippen LogP contribution in [0.3, 0.4) is 0 Å². The lowest BCUT2D eigenvalue weighted by molar-refractivity contribution is -0.182. The van der Waals surface area contributed by atoms with E-state index in [1.54, 1.807) is 12.4 Å². The molecule has 2 rings (SSSR count). The van der Waals surface area contributed by atoms with Crippen LogP contribution in [0.15, 0.2) is 24.5 Å². The minimum atomic E-state index is -4.03. The van der Waals surface area contributed by atoms with Crippen molar-refractivity contribution in [2.24, 2.45) is 5.92 Å². The van der Waals surface area contributed by atoms with Crippen LogP contribution in [0.1, 0.15) is 44.2 Å². The molecular weight excluding hydrogens is 253 g/mol. The summed E-state index contributed by atoms with van der Waals surface area (Å²) in [6, 6.07) is 4.15. The van der Waals surface area contributed by atoms with Crippen molar-refractivity contribution in [3.63, 3.8) is 0 Å². The summed E-state index contributed by atoms with van der Waals surface area (Å²) in [5, 5.41) is 3.40. The van der Waals surface area contributed by atoms with Gasteiger partial charge in [-0.15, -0.1) is 0 Å². The minimum Gasteiger partial charge on any atom is -0.307 e. The second kappa shape index (κ2) is 5.90. The fourth-order valence-corrected chi connectivity index (χ4v) is 2.67. The molecule has 19 heavy (non-hydrogen) atoms. The molecule has 106 valence electrons. The highest BCUT2D eigenvalue weighted by Crippen LogP contribution is 2.37. The van der Waals surface area contributed by atoms with Gasteiger partial charge in [-0.3, -0.25) is 4.98 Å². The van der Waals surface area contributed by atoms with E-state index in [2.05, 4.69) is 10.3 Å². The smallest absolute Gasteiger partial charge is 0.307 e. The van der Waals surface area contributed by atoms with Crippen LogP contribution in [0.2, 0.25) is 0 Å². The average Bonchev–Trinajstić information content (AvgIpc) is 2.39. The molecule has 1 heterocycles. The molecule has 1 aromatic heterocycles. The van der Waals surface area contributed by atoms with Crippen molar-refractivity contribution in [3.8, 4) is 0 Å². The predicted octanol–water partition coefficient (Wildman–Crippen LogP) is 3.85. The number of aromatic nitrogens is 1. The Labute approximate surface area is 111 Å². The summed E-state index contributed by atoms with van der Waals surface area (Å²) in [5.74, 6) is -1.11. The van der Waals surface area contributed by atoms with Crippen LogP contribution in [0.5, 0.6) is 0 Å². The molecule has 1 fully saturated rings. The molecule has 0 saturated heterocycles. The summed E-state index contributed by atoms with van der Waals surface area (Å²) in [4.78, 5) is 4.05. The molecule has 5 heteroatoms. The first-order chi connectivity index (χ1) is 8.97. The Morgan fingerprint density at radius 3 is 2.47 bits per heavy atom. The third-order valence-corrected chi connectivity index (χ3v) is 3.86. The highest BCUT2D eigenvalue weighted by Gasteiger charge is 2.41. The van der Waals surface area contributed by atoms with Gasteiger partial charge in [0, 0.05) is 24.5 Å². The first kappa shape index (κ1) is 14.3. The minimum absolute atomic E-state index is 0.126. The molecule has 0 amide bonds. The van der Waals surface area contributed by atoms with Crippen LogP contribution in [0.4, 0.5) is 13.2 Å². The van der Waals surface area contributed by atoms with Gasteiger partial charge in [0.15, 0.2) is 0 Å². The number of alkyl halides is 3. The standard InChI is InChI=1S/C14H19F3N2/c1-10(11-3-2-8-18-9-11)19-13-6-4-12(5-7-13)14(15,16)17/h2-3,8-10,12-13,19H,4-7H2,1H3/t10-,12?,13?/m0/s1. The molecule has 0 spiro atoms. The first-order valence-electron chi connectivity index (χ1n) is 6.69. The summed E-state index contributed by atoms with van der Waals surface area (Å²) in [5.41, 5.74) is 1.07. The van der Waals surface area contributed by atoms with Gasteiger partial charge < -0.3 is 5.32 Å². The van der Waals surface area contributed by atoms with Crippen molar-refractivity contribution in [3.05, 3.63) is 30.1 Å². The first-order valence-corrected chi connectivity index (χ1v) is 6.69. The van der Waals surface area contributed by atoms with Crippen LogP contribution >= 0.6 is 0 Å². The molecule has 0 bridgehead atoms. The quantitative estimate of drug-likeness (QED) is 0.904. The van der Waals surface area contributed by atoms with Gasteiger partial charge in [-0.05, 0) is 44.2 Å². The third-order valence-electron chi connectivity index (χ3n) is 3.86. The van der Waals surface area contributed by atoms with Gasteiger partial charge in [-0.1, -0.05) is 6.07 Å². The number of nitrogens with one attached hydrogen (secondary N) is 1. The van der Waals surface area contributed by atoms with Gasteiger partial charge in [0.25, 0.3) is 0 Å². The molecule has 1 atom stereocenters. The molecule has 1 aliphatic rings. The Morgan fingerprint density at radius 2 is 1.95 bits per heavy atom. The molecule has 1 aromatic rings. The molecule has 1 saturated carbocycles. The lowest BCUT2D eigenvalue weighted by atomic mass is 9.85. The fraction of sp³-hybridized carbons (Fsp3) is 0.643. The summed E-state index contributed by atoms with van der Waals surface area (Å²) in [6.45, 7) is 2.02. The van der Waals surface area contributed by atoms with Crippen LogP contribution in [0, 0.1) is 5.92 Å². The van der Waals surface area contributed by atoms with E-state index < -0.39 is 12.1 Å². The van der Waals surface area contributed by atoms with E-state index in [1.165, 1.54) is 0 Å². The van der Waals surface area contributed by atoms with E-state index in [0.717, 1.165) is 5.56 Å². The monoisotopic (exact) mass is 272 g/mol. The van der Waals surface area contributed by atoms with Crippen molar-refractivity contribution < 1.29 is 13.2 Å². The summed E-state index contributed by atoms with van der Waals surface area (Å²) in [7, 11) is 0. The molecule has 1 N–H and O–H groups in total. The number of hydrogen-bond donors (Lipinski definition) is 1. The van der Waals surface area contributed by atoms with E-state index in [9.17, 15) is 13.2 Å². The lowest BCUT2D eigenvalue weighted by Gasteiger charge is -2.32. The highest BCUT2D eigenvalue weighted by molar-refractivity contribution is 5.13. The van der Waals surface area contributed by atoms with Crippen LogP contribution < -0.4 is 5.32 Å². The second-order valence-corrected chi connectivity index (χ2v) is 5.26. The molecular formula is C14H19F3N2. The van der Waals surface area contributed by atoms with Gasteiger partial charge in [0.05, 0.1) is 5.92 Å². The maximum Gasteiger partial charge on any atom is 0.391 e. The molecule has 2 nitrogen and oxygen atoms in total. The summed E-state index contributed by atoms with van der Waals surface area (Å²) < 4.78 is 37.7. The Balaban J connectivity index is 1.83. The maximum absolute atomic E-state index is 12.6. The van der Waals surface area contributed by atoms with E-state index in [-0.39, 0.29) is 24.9 Å². The lowest BCUT2D eigenvalue weighted by Crippen LogP contribution is -2.38. The van der Waals surface area contributed by atoms with Crippen molar-refractivity contribution in [2.45, 2.75) is 50.9 Å². The van der Waals surface area contributed by atoms with Gasteiger partial charge in [-0.25, -0.2) is 0 Å². The van der Waals surface area contributed by atoms with Gasteiger partial charge >= 0.3 is 6.18 Å². The highest BCUT2D eigenvalue weighted by atomic mass is 19.4. The number of pyridine rings is 1. The molecule has 0 aromatic carbocycles. The number of hydrogen-bond acceptors (Lipinski definition) is 2. The van der Waals surface area contributed by atoms with Gasteiger partial charge in [0.2, 0.25) is 0 Å². The van der Waals surface area contributed by atoms with Crippen LogP contribution in [-0.4, -0.2) is 17.2 Å². The van der Waals surface area contributed by atoms with Gasteiger partial charge in [-0.2, -0.15) is 13.2 Å². The molecule has 1 aliphatic carbocycles. The van der Waals surface area contributed by atoms with Crippen LogP contribution in [0.25, 0.3) is 0 Å².